The number of carbonyl (C=O) groups is 1. The lowest BCUT2D eigenvalue weighted by Crippen LogP contribution is -2.47. The van der Waals surface area contributed by atoms with Crippen LogP contribution in [0.25, 0.3) is 0 Å². The van der Waals surface area contributed by atoms with Crippen LogP contribution in [-0.2, 0) is 11.2 Å². The van der Waals surface area contributed by atoms with Crippen LogP contribution in [-0.4, -0.2) is 77.0 Å². The lowest BCUT2D eigenvalue weighted by molar-refractivity contribution is -0.133. The molecule has 2 saturated heterocycles. The Morgan fingerprint density at radius 3 is 2.58 bits per heavy atom. The van der Waals surface area contributed by atoms with Gasteiger partial charge in [0.1, 0.15) is 11.4 Å². The molecule has 3 aliphatic heterocycles. The largest absolute Gasteiger partial charge is 0.369 e. The lowest BCUT2D eigenvalue weighted by Gasteiger charge is -2.34. The van der Waals surface area contributed by atoms with Gasteiger partial charge in [0.15, 0.2) is 0 Å². The molecule has 1 saturated carbocycles. The van der Waals surface area contributed by atoms with Crippen molar-refractivity contribution < 1.29 is 4.79 Å². The summed E-state index contributed by atoms with van der Waals surface area (Å²) in [5.74, 6) is 1.60. The van der Waals surface area contributed by atoms with Crippen molar-refractivity contribution in [3.63, 3.8) is 0 Å². The lowest BCUT2D eigenvalue weighted by atomic mass is 9.94. The molecule has 2 N–H and O–H groups in total. The van der Waals surface area contributed by atoms with Crippen molar-refractivity contribution in [2.45, 2.75) is 50.1 Å². The van der Waals surface area contributed by atoms with Gasteiger partial charge >= 0.3 is 0 Å². The van der Waals surface area contributed by atoms with Crippen LogP contribution in [0.2, 0.25) is 0 Å². The number of benzene rings is 1. The first-order valence-corrected chi connectivity index (χ1v) is 12.4. The van der Waals surface area contributed by atoms with E-state index in [2.05, 4.69) is 61.6 Å². The van der Waals surface area contributed by atoms with Gasteiger partial charge in [-0.15, -0.1) is 0 Å². The van der Waals surface area contributed by atoms with Gasteiger partial charge in [-0.2, -0.15) is 4.98 Å². The number of rotatable bonds is 4. The number of nitrogens with one attached hydrogen (secondary N) is 2. The Balaban J connectivity index is 1.12. The van der Waals surface area contributed by atoms with Crippen LogP contribution in [0.15, 0.2) is 30.5 Å². The SMILES string of the molecule is CN1CCN(c2ccc(Nc3ncc4c(n3)NC3(CCN(C5CCCC5)C3=O)C4)cc2)CC1. The molecule has 0 bridgehead atoms. The molecule has 174 valence electrons. The first kappa shape index (κ1) is 20.7. The highest BCUT2D eigenvalue weighted by Crippen LogP contribution is 2.40. The summed E-state index contributed by atoms with van der Waals surface area (Å²) in [4.78, 5) is 29.5. The molecule has 2 aromatic rings. The molecule has 1 aliphatic carbocycles. The average Bonchev–Trinajstić information content (AvgIpc) is 3.55. The summed E-state index contributed by atoms with van der Waals surface area (Å²) in [5.41, 5.74) is 2.72. The van der Waals surface area contributed by atoms with Crippen LogP contribution in [0.1, 0.15) is 37.7 Å². The van der Waals surface area contributed by atoms with Gasteiger partial charge in [-0.1, -0.05) is 12.8 Å². The highest BCUT2D eigenvalue weighted by molar-refractivity contribution is 5.94. The van der Waals surface area contributed by atoms with Gasteiger partial charge < -0.3 is 25.3 Å². The number of likely N-dealkylation sites (tertiary alicyclic amines) is 1. The first-order chi connectivity index (χ1) is 16.1. The van der Waals surface area contributed by atoms with Crippen molar-refractivity contribution in [2.75, 3.05) is 55.3 Å². The van der Waals surface area contributed by atoms with Crippen LogP contribution in [0.4, 0.5) is 23.1 Å². The predicted octanol–water partition coefficient (Wildman–Crippen LogP) is 2.85. The molecule has 1 aromatic heterocycles. The van der Waals surface area contributed by atoms with Gasteiger partial charge in [-0.05, 0) is 50.6 Å². The van der Waals surface area contributed by atoms with E-state index in [-0.39, 0.29) is 5.91 Å². The molecule has 1 unspecified atom stereocenters. The van der Waals surface area contributed by atoms with E-state index in [4.69, 9.17) is 4.98 Å². The van der Waals surface area contributed by atoms with Crippen LogP contribution < -0.4 is 15.5 Å². The molecule has 3 fully saturated rings. The number of anilines is 4. The Labute approximate surface area is 195 Å². The van der Waals surface area contributed by atoms with Crippen LogP contribution in [0.5, 0.6) is 0 Å². The third kappa shape index (κ3) is 3.80. The van der Waals surface area contributed by atoms with E-state index in [9.17, 15) is 4.79 Å². The number of fused-ring (bicyclic) bond motifs is 1. The van der Waals surface area contributed by atoms with E-state index < -0.39 is 5.54 Å². The number of piperazine rings is 1. The molecule has 4 heterocycles. The van der Waals surface area contributed by atoms with Crippen molar-refractivity contribution in [2.24, 2.45) is 0 Å². The van der Waals surface area contributed by atoms with Crippen LogP contribution >= 0.6 is 0 Å². The highest BCUT2D eigenvalue weighted by Gasteiger charge is 2.52. The number of hydrogen-bond donors (Lipinski definition) is 2. The van der Waals surface area contributed by atoms with Gasteiger partial charge in [0.05, 0.1) is 0 Å². The summed E-state index contributed by atoms with van der Waals surface area (Å²) in [6.07, 6.45) is 8.18. The van der Waals surface area contributed by atoms with Gasteiger partial charge in [-0.25, -0.2) is 4.98 Å². The van der Waals surface area contributed by atoms with Crippen molar-refractivity contribution in [1.29, 1.82) is 0 Å². The number of carbonyl (C=O) groups excluding carboxylic acids is 1. The molecule has 1 aromatic carbocycles. The van der Waals surface area contributed by atoms with Crippen molar-refractivity contribution in [1.82, 2.24) is 19.8 Å². The second-order valence-corrected chi connectivity index (χ2v) is 10.1. The molecule has 8 heteroatoms. The van der Waals surface area contributed by atoms with Crippen LogP contribution in [0, 0.1) is 0 Å². The second-order valence-electron chi connectivity index (χ2n) is 10.1. The summed E-state index contributed by atoms with van der Waals surface area (Å²) in [6, 6.07) is 8.91. The molecular weight excluding hydrogens is 414 g/mol. The highest BCUT2D eigenvalue weighted by atomic mass is 16.2. The first-order valence-electron chi connectivity index (χ1n) is 12.4. The van der Waals surface area contributed by atoms with Crippen molar-refractivity contribution in [3.8, 4) is 0 Å². The fourth-order valence-corrected chi connectivity index (χ4v) is 5.89. The molecule has 1 spiro atoms. The molecule has 8 nitrogen and oxygen atoms in total. The monoisotopic (exact) mass is 447 g/mol. The Kier molecular flexibility index (Phi) is 5.13. The normalized spacial score (nSPS) is 25.7. The maximum absolute atomic E-state index is 13.3. The minimum atomic E-state index is -0.525. The minimum absolute atomic E-state index is 0.251. The van der Waals surface area contributed by atoms with E-state index in [0.717, 1.165) is 69.1 Å². The number of aromatic nitrogens is 2. The topological polar surface area (TPSA) is 76.6 Å². The quantitative estimate of drug-likeness (QED) is 0.746. The Morgan fingerprint density at radius 2 is 1.82 bits per heavy atom. The summed E-state index contributed by atoms with van der Waals surface area (Å²) in [6.45, 7) is 5.16. The predicted molar refractivity (Wildman–Crippen MR) is 130 cm³/mol. The second kappa shape index (κ2) is 8.17. The summed E-state index contributed by atoms with van der Waals surface area (Å²) in [5, 5.41) is 6.83. The molecule has 4 aliphatic rings. The maximum atomic E-state index is 13.3. The van der Waals surface area contributed by atoms with E-state index in [1.165, 1.54) is 18.5 Å². The summed E-state index contributed by atoms with van der Waals surface area (Å²) >= 11 is 0. The third-order valence-electron chi connectivity index (χ3n) is 7.92. The van der Waals surface area contributed by atoms with E-state index in [1.807, 2.05) is 6.20 Å². The van der Waals surface area contributed by atoms with E-state index >= 15 is 0 Å². The molecule has 6 rings (SSSR count). The fraction of sp³-hybridized carbons (Fsp3) is 0.560. The van der Waals surface area contributed by atoms with Crippen molar-refractivity contribution in [3.05, 3.63) is 36.0 Å². The van der Waals surface area contributed by atoms with Crippen molar-refractivity contribution >= 4 is 29.0 Å². The fourth-order valence-electron chi connectivity index (χ4n) is 5.89. The molecular formula is C25H33N7O. The summed E-state index contributed by atoms with van der Waals surface area (Å²) in [7, 11) is 2.17. The van der Waals surface area contributed by atoms with Gasteiger partial charge in [-0.3, -0.25) is 4.79 Å². The maximum Gasteiger partial charge on any atom is 0.248 e. The Morgan fingerprint density at radius 1 is 1.06 bits per heavy atom. The molecule has 0 radical (unpaired) electrons. The zero-order valence-corrected chi connectivity index (χ0v) is 19.4. The number of likely N-dealkylation sites (N-methyl/N-ethyl adjacent to an activating group) is 1. The standard InChI is InChI=1S/C25H33N7O/c1-30-12-14-31(15-13-30)20-8-6-19(7-9-20)27-24-26-17-18-16-25(29-22(18)28-24)10-11-32(23(25)33)21-4-2-3-5-21/h6-9,17,21H,2-5,10-16H2,1H3,(H2,26,27,28,29). The minimum Gasteiger partial charge on any atom is -0.369 e. The smallest absolute Gasteiger partial charge is 0.248 e. The number of amides is 1. The van der Waals surface area contributed by atoms with Crippen LogP contribution in [0.3, 0.4) is 0 Å². The average molecular weight is 448 g/mol. The zero-order valence-electron chi connectivity index (χ0n) is 19.4. The Hall–Kier alpha value is -2.87. The zero-order chi connectivity index (χ0) is 22.4. The summed E-state index contributed by atoms with van der Waals surface area (Å²) < 4.78 is 0. The van der Waals surface area contributed by atoms with E-state index in [1.54, 1.807) is 0 Å². The third-order valence-corrected chi connectivity index (χ3v) is 7.92. The van der Waals surface area contributed by atoms with Gasteiger partial charge in [0.25, 0.3) is 0 Å². The Bertz CT molecular complexity index is 1030. The number of hydrogen-bond acceptors (Lipinski definition) is 7. The molecule has 33 heavy (non-hydrogen) atoms. The van der Waals surface area contributed by atoms with Gasteiger partial charge in [0.2, 0.25) is 11.9 Å². The molecule has 1 atom stereocenters. The van der Waals surface area contributed by atoms with E-state index in [0.29, 0.717) is 18.4 Å². The number of nitrogens with zero attached hydrogens (tertiary/aromatic N) is 5. The molecule has 1 amide bonds. The van der Waals surface area contributed by atoms with Gasteiger partial charge in [0, 0.05) is 68.3 Å².